The van der Waals surface area contributed by atoms with Crippen LogP contribution in [0.15, 0.2) is 0 Å². The number of rotatable bonds is 7. The van der Waals surface area contributed by atoms with Gasteiger partial charge in [-0.25, -0.2) is 0 Å². The molecule has 0 aromatic rings. The summed E-state index contributed by atoms with van der Waals surface area (Å²) in [6.45, 7) is 7.55. The highest BCUT2D eigenvalue weighted by atomic mass is 35.5. The van der Waals surface area contributed by atoms with Crippen molar-refractivity contribution in [2.75, 3.05) is 26.2 Å². The first-order valence-corrected chi connectivity index (χ1v) is 7.37. The molecule has 1 unspecified atom stereocenters. The summed E-state index contributed by atoms with van der Waals surface area (Å²) >= 11 is 0. The van der Waals surface area contributed by atoms with Crippen LogP contribution in [0.5, 0.6) is 0 Å². The smallest absolute Gasteiger partial charge is 0.227 e. The van der Waals surface area contributed by atoms with Crippen LogP contribution in [0, 0.1) is 11.3 Å². The Labute approximate surface area is 135 Å². The van der Waals surface area contributed by atoms with Crippen LogP contribution in [-0.2, 0) is 4.79 Å². The monoisotopic (exact) mass is 327 g/mol. The van der Waals surface area contributed by atoms with E-state index < -0.39 is 0 Å². The zero-order valence-electron chi connectivity index (χ0n) is 12.7. The molecule has 4 nitrogen and oxygen atoms in total. The average Bonchev–Trinajstić information content (AvgIpc) is 2.42. The Balaban J connectivity index is 0. The summed E-state index contributed by atoms with van der Waals surface area (Å²) in [5, 5.41) is 6.48. The topological polar surface area (TPSA) is 67.2 Å². The van der Waals surface area contributed by atoms with Crippen LogP contribution in [0.2, 0.25) is 0 Å². The Morgan fingerprint density at radius 2 is 2.00 bits per heavy atom. The lowest BCUT2D eigenvalue weighted by molar-refractivity contribution is -0.131. The minimum absolute atomic E-state index is 0. The molecule has 0 aromatic carbocycles. The Kier molecular flexibility index (Phi) is 12.9. The van der Waals surface area contributed by atoms with Crippen LogP contribution in [0.4, 0.5) is 0 Å². The largest absolute Gasteiger partial charge is 0.356 e. The summed E-state index contributed by atoms with van der Waals surface area (Å²) in [7, 11) is 0. The molecular formula is C14H31Cl2N3O. The lowest BCUT2D eigenvalue weighted by Gasteiger charge is -2.29. The molecule has 4 N–H and O–H groups in total. The van der Waals surface area contributed by atoms with Gasteiger partial charge in [-0.1, -0.05) is 13.8 Å². The molecular weight excluding hydrogens is 297 g/mol. The fourth-order valence-corrected chi connectivity index (χ4v) is 2.70. The molecule has 1 heterocycles. The van der Waals surface area contributed by atoms with Gasteiger partial charge in [0.25, 0.3) is 0 Å². The van der Waals surface area contributed by atoms with Gasteiger partial charge in [-0.2, -0.15) is 0 Å². The second-order valence-electron chi connectivity index (χ2n) is 5.45. The van der Waals surface area contributed by atoms with Crippen LogP contribution in [0.1, 0.15) is 46.0 Å². The Morgan fingerprint density at radius 1 is 1.35 bits per heavy atom. The molecule has 1 rings (SSSR count). The fraction of sp³-hybridized carbons (Fsp3) is 0.929. The van der Waals surface area contributed by atoms with Crippen molar-refractivity contribution in [3.8, 4) is 0 Å². The van der Waals surface area contributed by atoms with Crippen LogP contribution in [-0.4, -0.2) is 32.1 Å². The van der Waals surface area contributed by atoms with Gasteiger partial charge in [-0.05, 0) is 51.1 Å². The van der Waals surface area contributed by atoms with Crippen molar-refractivity contribution in [1.82, 2.24) is 10.6 Å². The van der Waals surface area contributed by atoms with E-state index in [9.17, 15) is 4.79 Å². The minimum atomic E-state index is -0.356. The van der Waals surface area contributed by atoms with Gasteiger partial charge in [0.05, 0.1) is 5.41 Å². The predicted molar refractivity (Wildman–Crippen MR) is 89.8 cm³/mol. The lowest BCUT2D eigenvalue weighted by atomic mass is 9.81. The van der Waals surface area contributed by atoms with Gasteiger partial charge >= 0.3 is 0 Å². The number of nitrogens with two attached hydrogens (primary N) is 1. The fourth-order valence-electron chi connectivity index (χ4n) is 2.70. The van der Waals surface area contributed by atoms with Crippen LogP contribution < -0.4 is 16.4 Å². The summed E-state index contributed by atoms with van der Waals surface area (Å²) < 4.78 is 0. The van der Waals surface area contributed by atoms with Gasteiger partial charge in [-0.15, -0.1) is 24.8 Å². The summed E-state index contributed by atoms with van der Waals surface area (Å²) in [5.74, 6) is 0.855. The third-order valence-corrected chi connectivity index (χ3v) is 4.46. The second kappa shape index (κ2) is 11.6. The molecule has 0 aliphatic carbocycles. The molecule has 1 fully saturated rings. The van der Waals surface area contributed by atoms with Gasteiger partial charge in [0.15, 0.2) is 0 Å². The molecule has 1 amide bonds. The standard InChI is InChI=1S/C14H29N3O.2ClH/c1-3-14(4-2,11-15)13(18)17-9-7-12-6-5-8-16-10-12;;/h12,16H,3-11,15H2,1-2H3,(H,17,18);2*1H. The molecule has 20 heavy (non-hydrogen) atoms. The van der Waals surface area contributed by atoms with E-state index in [1.807, 2.05) is 13.8 Å². The molecule has 0 spiro atoms. The zero-order valence-corrected chi connectivity index (χ0v) is 14.4. The third kappa shape index (κ3) is 6.17. The molecule has 1 aliphatic rings. The van der Waals surface area contributed by atoms with E-state index >= 15 is 0 Å². The summed E-state index contributed by atoms with van der Waals surface area (Å²) in [4.78, 5) is 12.2. The van der Waals surface area contributed by atoms with E-state index in [0.717, 1.165) is 44.8 Å². The molecule has 1 atom stereocenters. The van der Waals surface area contributed by atoms with E-state index in [0.29, 0.717) is 6.54 Å². The SMILES string of the molecule is CCC(CC)(CN)C(=O)NCCC1CCCNC1.Cl.Cl. The first-order chi connectivity index (χ1) is 8.68. The highest BCUT2D eigenvalue weighted by Gasteiger charge is 2.32. The Hall–Kier alpha value is -0.0300. The number of hydrogen-bond acceptors (Lipinski definition) is 3. The van der Waals surface area contributed by atoms with Gasteiger partial charge < -0.3 is 16.4 Å². The van der Waals surface area contributed by atoms with Crippen molar-refractivity contribution in [2.45, 2.75) is 46.0 Å². The average molecular weight is 328 g/mol. The summed E-state index contributed by atoms with van der Waals surface area (Å²) in [5.41, 5.74) is 5.42. The van der Waals surface area contributed by atoms with Crippen molar-refractivity contribution in [3.63, 3.8) is 0 Å². The summed E-state index contributed by atoms with van der Waals surface area (Å²) in [6.07, 6.45) is 5.25. The molecule has 1 saturated heterocycles. The highest BCUT2D eigenvalue weighted by molar-refractivity contribution is 5.85. The Morgan fingerprint density at radius 3 is 2.45 bits per heavy atom. The second-order valence-corrected chi connectivity index (χ2v) is 5.45. The van der Waals surface area contributed by atoms with Crippen LogP contribution in [0.25, 0.3) is 0 Å². The number of carbonyl (C=O) groups excluding carboxylic acids is 1. The molecule has 0 radical (unpaired) electrons. The molecule has 0 saturated carbocycles. The number of carbonyl (C=O) groups is 1. The first-order valence-electron chi connectivity index (χ1n) is 7.37. The molecule has 0 aromatic heterocycles. The lowest BCUT2D eigenvalue weighted by Crippen LogP contribution is -2.46. The Bertz CT molecular complexity index is 247. The van der Waals surface area contributed by atoms with Crippen molar-refractivity contribution >= 4 is 30.7 Å². The number of nitrogens with one attached hydrogen (secondary N) is 2. The van der Waals surface area contributed by atoms with Gasteiger partial charge in [0, 0.05) is 13.1 Å². The zero-order chi connectivity index (χ0) is 13.4. The van der Waals surface area contributed by atoms with Gasteiger partial charge in [0.1, 0.15) is 0 Å². The van der Waals surface area contributed by atoms with Gasteiger partial charge in [-0.3, -0.25) is 4.79 Å². The maximum atomic E-state index is 12.2. The van der Waals surface area contributed by atoms with E-state index in [1.54, 1.807) is 0 Å². The van der Waals surface area contributed by atoms with Crippen molar-refractivity contribution < 1.29 is 4.79 Å². The van der Waals surface area contributed by atoms with E-state index in [1.165, 1.54) is 12.8 Å². The molecule has 1 aliphatic heterocycles. The van der Waals surface area contributed by atoms with Crippen LogP contribution in [0.3, 0.4) is 0 Å². The molecule has 6 heteroatoms. The highest BCUT2D eigenvalue weighted by Crippen LogP contribution is 2.25. The van der Waals surface area contributed by atoms with Crippen molar-refractivity contribution in [1.29, 1.82) is 0 Å². The number of piperidine rings is 1. The van der Waals surface area contributed by atoms with Crippen LogP contribution >= 0.6 is 24.8 Å². The first kappa shape index (κ1) is 22.3. The normalized spacial score (nSPS) is 18.6. The predicted octanol–water partition coefficient (Wildman–Crippen LogP) is 2.10. The maximum Gasteiger partial charge on any atom is 0.227 e. The van der Waals surface area contributed by atoms with E-state index in [2.05, 4.69) is 10.6 Å². The minimum Gasteiger partial charge on any atom is -0.356 e. The number of halogens is 2. The van der Waals surface area contributed by atoms with E-state index in [4.69, 9.17) is 5.73 Å². The number of amides is 1. The summed E-state index contributed by atoms with van der Waals surface area (Å²) in [6, 6.07) is 0. The number of hydrogen-bond donors (Lipinski definition) is 3. The molecule has 122 valence electrons. The van der Waals surface area contributed by atoms with Crippen molar-refractivity contribution in [2.24, 2.45) is 17.1 Å². The van der Waals surface area contributed by atoms with Crippen molar-refractivity contribution in [3.05, 3.63) is 0 Å². The maximum absolute atomic E-state index is 12.2. The van der Waals surface area contributed by atoms with Gasteiger partial charge in [0.2, 0.25) is 5.91 Å². The third-order valence-electron chi connectivity index (χ3n) is 4.46. The molecule has 0 bridgehead atoms. The van der Waals surface area contributed by atoms with E-state index in [-0.39, 0.29) is 36.1 Å². The quantitative estimate of drug-likeness (QED) is 0.670.